The van der Waals surface area contributed by atoms with E-state index in [-0.39, 0.29) is 12.5 Å². The summed E-state index contributed by atoms with van der Waals surface area (Å²) >= 11 is 0. The molecule has 1 N–H and O–H groups in total. The number of carbonyl (C=O) groups excluding carboxylic acids is 2. The normalized spacial score (nSPS) is 11.6. The Bertz CT molecular complexity index is 695. The average molecular weight is 311 g/mol. The molecule has 1 atom stereocenters. The van der Waals surface area contributed by atoms with Gasteiger partial charge in [0.25, 0.3) is 5.91 Å². The molecule has 4 nitrogen and oxygen atoms in total. The van der Waals surface area contributed by atoms with Crippen molar-refractivity contribution in [3.8, 4) is 0 Å². The molecule has 0 fully saturated rings. The van der Waals surface area contributed by atoms with Crippen molar-refractivity contribution in [3.63, 3.8) is 0 Å². The van der Waals surface area contributed by atoms with E-state index < -0.39 is 12.0 Å². The molecule has 1 unspecified atom stereocenters. The van der Waals surface area contributed by atoms with E-state index in [0.717, 1.165) is 16.7 Å². The van der Waals surface area contributed by atoms with Gasteiger partial charge in [0.15, 0.2) is 6.04 Å². The van der Waals surface area contributed by atoms with Gasteiger partial charge < -0.3 is 10.1 Å². The Hall–Kier alpha value is -2.62. The monoisotopic (exact) mass is 311 g/mol. The summed E-state index contributed by atoms with van der Waals surface area (Å²) in [5.41, 5.74) is 3.41. The number of rotatable bonds is 5. The molecule has 0 saturated carbocycles. The largest absolute Gasteiger partial charge is 0.464 e. The Morgan fingerprint density at radius 1 is 1.04 bits per heavy atom. The highest BCUT2D eigenvalue weighted by atomic mass is 16.5. The van der Waals surface area contributed by atoms with E-state index in [1.54, 1.807) is 31.2 Å². The predicted octanol–water partition coefficient (Wildman–Crippen LogP) is 3.34. The zero-order valence-corrected chi connectivity index (χ0v) is 13.6. The summed E-state index contributed by atoms with van der Waals surface area (Å²) in [7, 11) is 0. The Balaban J connectivity index is 2.29. The third-order valence-corrected chi connectivity index (χ3v) is 3.70. The molecule has 0 aromatic heterocycles. The van der Waals surface area contributed by atoms with Gasteiger partial charge in [-0.25, -0.2) is 4.79 Å². The molecule has 0 aliphatic carbocycles. The first-order valence-corrected chi connectivity index (χ1v) is 7.62. The first kappa shape index (κ1) is 16.7. The van der Waals surface area contributed by atoms with Crippen LogP contribution < -0.4 is 5.32 Å². The summed E-state index contributed by atoms with van der Waals surface area (Å²) in [6.45, 7) is 5.98. The number of ether oxygens (including phenoxy) is 1. The van der Waals surface area contributed by atoms with Crippen molar-refractivity contribution in [1.29, 1.82) is 0 Å². The van der Waals surface area contributed by atoms with Crippen LogP contribution in [0.1, 0.15) is 40.0 Å². The maximum Gasteiger partial charge on any atom is 0.333 e. The van der Waals surface area contributed by atoms with Crippen LogP contribution in [-0.2, 0) is 9.53 Å². The third kappa shape index (κ3) is 4.19. The molecule has 0 aliphatic heterocycles. The van der Waals surface area contributed by atoms with Gasteiger partial charge in [-0.15, -0.1) is 0 Å². The van der Waals surface area contributed by atoms with Crippen LogP contribution in [0, 0.1) is 13.8 Å². The quantitative estimate of drug-likeness (QED) is 0.862. The van der Waals surface area contributed by atoms with Gasteiger partial charge in [0.05, 0.1) is 6.61 Å². The minimum Gasteiger partial charge on any atom is -0.464 e. The minimum atomic E-state index is -0.818. The maximum atomic E-state index is 12.4. The SMILES string of the molecule is CCOC(=O)C(NC(=O)c1ccccc1)c1ccc(C)c(C)c1. The van der Waals surface area contributed by atoms with Gasteiger partial charge in [-0.2, -0.15) is 0 Å². The zero-order valence-electron chi connectivity index (χ0n) is 13.6. The van der Waals surface area contributed by atoms with E-state index >= 15 is 0 Å². The van der Waals surface area contributed by atoms with Crippen LogP contribution in [0.3, 0.4) is 0 Å². The Morgan fingerprint density at radius 3 is 2.35 bits per heavy atom. The fourth-order valence-electron chi connectivity index (χ4n) is 2.25. The Kier molecular flexibility index (Phi) is 5.52. The maximum absolute atomic E-state index is 12.4. The van der Waals surface area contributed by atoms with Gasteiger partial charge >= 0.3 is 5.97 Å². The summed E-state index contributed by atoms with van der Waals surface area (Å²) < 4.78 is 5.11. The summed E-state index contributed by atoms with van der Waals surface area (Å²) in [6, 6.07) is 13.7. The molecular weight excluding hydrogens is 290 g/mol. The number of carbonyl (C=O) groups is 2. The Labute approximate surface area is 136 Å². The number of nitrogens with one attached hydrogen (secondary N) is 1. The van der Waals surface area contributed by atoms with Crippen LogP contribution in [0.15, 0.2) is 48.5 Å². The first-order valence-electron chi connectivity index (χ1n) is 7.62. The lowest BCUT2D eigenvalue weighted by Crippen LogP contribution is -2.35. The number of hydrogen-bond acceptors (Lipinski definition) is 3. The van der Waals surface area contributed by atoms with Gasteiger partial charge in [-0.05, 0) is 49.6 Å². The highest BCUT2D eigenvalue weighted by molar-refractivity contribution is 5.97. The molecule has 120 valence electrons. The summed E-state index contributed by atoms with van der Waals surface area (Å²) in [5.74, 6) is -0.762. The van der Waals surface area contributed by atoms with E-state index in [1.165, 1.54) is 0 Å². The molecule has 2 aromatic carbocycles. The number of aryl methyl sites for hydroxylation is 2. The van der Waals surface area contributed by atoms with Crippen molar-refractivity contribution in [1.82, 2.24) is 5.32 Å². The molecule has 0 radical (unpaired) electrons. The third-order valence-electron chi connectivity index (χ3n) is 3.70. The Morgan fingerprint density at radius 2 is 1.74 bits per heavy atom. The molecule has 2 aromatic rings. The minimum absolute atomic E-state index is 0.265. The molecule has 0 heterocycles. The van der Waals surface area contributed by atoms with Gasteiger partial charge in [-0.3, -0.25) is 4.79 Å². The molecule has 0 bridgehead atoms. The lowest BCUT2D eigenvalue weighted by Gasteiger charge is -2.18. The van der Waals surface area contributed by atoms with Crippen LogP contribution in [0.5, 0.6) is 0 Å². The van der Waals surface area contributed by atoms with Gasteiger partial charge in [0.2, 0.25) is 0 Å². The molecule has 0 spiro atoms. The average Bonchev–Trinajstić information content (AvgIpc) is 2.56. The predicted molar refractivity (Wildman–Crippen MR) is 89.2 cm³/mol. The van der Waals surface area contributed by atoms with Crippen LogP contribution in [0.4, 0.5) is 0 Å². The van der Waals surface area contributed by atoms with Crippen LogP contribution in [0.25, 0.3) is 0 Å². The van der Waals surface area contributed by atoms with E-state index in [4.69, 9.17) is 4.74 Å². The van der Waals surface area contributed by atoms with Gasteiger partial charge in [0, 0.05) is 5.56 Å². The molecule has 23 heavy (non-hydrogen) atoms. The number of benzene rings is 2. The lowest BCUT2D eigenvalue weighted by atomic mass is 10.0. The molecule has 0 saturated heterocycles. The zero-order chi connectivity index (χ0) is 16.8. The van der Waals surface area contributed by atoms with Crippen LogP contribution in [0.2, 0.25) is 0 Å². The molecule has 0 aliphatic rings. The van der Waals surface area contributed by atoms with Crippen molar-refractivity contribution >= 4 is 11.9 Å². The molecule has 1 amide bonds. The lowest BCUT2D eigenvalue weighted by molar-refractivity contribution is -0.145. The number of amides is 1. The molecular formula is C19H21NO3. The highest BCUT2D eigenvalue weighted by Gasteiger charge is 2.24. The van der Waals surface area contributed by atoms with E-state index in [0.29, 0.717) is 5.56 Å². The summed E-state index contributed by atoms with van der Waals surface area (Å²) in [5, 5.41) is 2.77. The fourth-order valence-corrected chi connectivity index (χ4v) is 2.25. The van der Waals surface area contributed by atoms with Gasteiger partial charge in [-0.1, -0.05) is 36.4 Å². The topological polar surface area (TPSA) is 55.4 Å². The van der Waals surface area contributed by atoms with Crippen molar-refractivity contribution < 1.29 is 14.3 Å². The van der Waals surface area contributed by atoms with Crippen molar-refractivity contribution in [2.24, 2.45) is 0 Å². The van der Waals surface area contributed by atoms with E-state index in [1.807, 2.05) is 38.1 Å². The fraction of sp³-hybridized carbons (Fsp3) is 0.263. The number of esters is 1. The van der Waals surface area contributed by atoms with Gasteiger partial charge in [0.1, 0.15) is 0 Å². The second-order valence-electron chi connectivity index (χ2n) is 5.37. The highest BCUT2D eigenvalue weighted by Crippen LogP contribution is 2.19. The van der Waals surface area contributed by atoms with Crippen LogP contribution >= 0.6 is 0 Å². The van der Waals surface area contributed by atoms with Crippen molar-refractivity contribution in [2.75, 3.05) is 6.61 Å². The second-order valence-corrected chi connectivity index (χ2v) is 5.37. The second kappa shape index (κ2) is 7.58. The standard InChI is InChI=1S/C19H21NO3/c1-4-23-19(22)17(16-11-10-13(2)14(3)12-16)20-18(21)15-8-6-5-7-9-15/h5-12,17H,4H2,1-3H3,(H,20,21). The smallest absolute Gasteiger partial charge is 0.333 e. The molecule has 4 heteroatoms. The number of hydrogen-bond donors (Lipinski definition) is 1. The van der Waals surface area contributed by atoms with Crippen molar-refractivity contribution in [2.45, 2.75) is 26.8 Å². The first-order chi connectivity index (χ1) is 11.0. The van der Waals surface area contributed by atoms with E-state index in [2.05, 4.69) is 5.32 Å². The van der Waals surface area contributed by atoms with E-state index in [9.17, 15) is 9.59 Å². The molecule has 2 rings (SSSR count). The van der Waals surface area contributed by atoms with Crippen molar-refractivity contribution in [3.05, 3.63) is 70.8 Å². The summed E-state index contributed by atoms with van der Waals surface area (Å²) in [6.07, 6.45) is 0. The summed E-state index contributed by atoms with van der Waals surface area (Å²) in [4.78, 5) is 24.6. The van der Waals surface area contributed by atoms with Crippen LogP contribution in [-0.4, -0.2) is 18.5 Å².